The van der Waals surface area contributed by atoms with E-state index in [4.69, 9.17) is 0 Å². The monoisotopic (exact) mass is 429 g/mol. The summed E-state index contributed by atoms with van der Waals surface area (Å²) in [5.74, 6) is 1.09. The summed E-state index contributed by atoms with van der Waals surface area (Å²) < 4.78 is 2.12. The van der Waals surface area contributed by atoms with Crippen molar-refractivity contribution in [1.29, 1.82) is 0 Å². The number of carbonyl (C=O) groups excluding carboxylic acids is 1. The van der Waals surface area contributed by atoms with E-state index >= 15 is 0 Å². The third-order valence-corrected chi connectivity index (χ3v) is 7.02. The van der Waals surface area contributed by atoms with Crippen LogP contribution in [-0.2, 0) is 17.8 Å². The quantitative estimate of drug-likeness (QED) is 0.623. The average Bonchev–Trinajstić information content (AvgIpc) is 3.30. The maximum absolute atomic E-state index is 13.1. The summed E-state index contributed by atoms with van der Waals surface area (Å²) in [7, 11) is 0. The van der Waals surface area contributed by atoms with Crippen molar-refractivity contribution in [3.8, 4) is 11.1 Å². The Bertz CT molecular complexity index is 1130. The highest BCUT2D eigenvalue weighted by atomic mass is 16.1. The molecule has 6 nitrogen and oxygen atoms in total. The van der Waals surface area contributed by atoms with Crippen molar-refractivity contribution in [2.24, 2.45) is 11.3 Å². The van der Waals surface area contributed by atoms with Crippen LogP contribution in [0.25, 0.3) is 11.1 Å². The second-order valence-electron chi connectivity index (χ2n) is 10.2. The van der Waals surface area contributed by atoms with Crippen LogP contribution in [0.15, 0.2) is 43.0 Å². The summed E-state index contributed by atoms with van der Waals surface area (Å²) in [6, 6.07) is 6.11. The first kappa shape index (κ1) is 20.9. The first-order valence-electron chi connectivity index (χ1n) is 11.6. The smallest absolute Gasteiger partial charge is 0.228 e. The van der Waals surface area contributed by atoms with Crippen molar-refractivity contribution in [2.45, 2.75) is 65.3 Å². The zero-order valence-electron chi connectivity index (χ0n) is 19.1. The first-order chi connectivity index (χ1) is 15.4. The molecule has 1 fully saturated rings. The van der Waals surface area contributed by atoms with Crippen LogP contribution >= 0.6 is 0 Å². The van der Waals surface area contributed by atoms with Crippen molar-refractivity contribution in [3.63, 3.8) is 0 Å². The number of aryl methyl sites for hydroxylation is 1. The predicted molar refractivity (Wildman–Crippen MR) is 125 cm³/mol. The topological polar surface area (TPSA) is 72.7 Å². The third kappa shape index (κ3) is 4.06. The van der Waals surface area contributed by atoms with Crippen LogP contribution < -0.4 is 5.32 Å². The zero-order valence-corrected chi connectivity index (χ0v) is 19.1. The van der Waals surface area contributed by atoms with E-state index in [1.165, 1.54) is 11.3 Å². The normalized spacial score (nSPS) is 21.8. The van der Waals surface area contributed by atoms with Crippen molar-refractivity contribution in [3.05, 3.63) is 59.8 Å². The highest BCUT2D eigenvalue weighted by Gasteiger charge is 2.32. The molecular formula is C26H31N5O. The van der Waals surface area contributed by atoms with Crippen LogP contribution in [-0.4, -0.2) is 25.7 Å². The van der Waals surface area contributed by atoms with E-state index in [1.54, 1.807) is 6.20 Å². The number of fused-ring (bicyclic) bond motifs is 1. The maximum atomic E-state index is 13.1. The molecule has 1 aliphatic heterocycles. The lowest BCUT2D eigenvalue weighted by Crippen LogP contribution is -2.27. The molecule has 4 heterocycles. The average molecular weight is 430 g/mol. The van der Waals surface area contributed by atoms with Gasteiger partial charge in [-0.25, -0.2) is 4.98 Å². The summed E-state index contributed by atoms with van der Waals surface area (Å²) in [6.07, 6.45) is 12.5. The summed E-state index contributed by atoms with van der Waals surface area (Å²) in [5, 5.41) is 7.72. The SMILES string of the molecule is Cc1cnc(NC(=O)[C@@H]2CCC[C@H](c3cccnc3)C2)cc1-c1cnn2c1CC(C)(C)C2. The summed E-state index contributed by atoms with van der Waals surface area (Å²) in [5.41, 5.74) is 6.08. The Morgan fingerprint density at radius 2 is 2.06 bits per heavy atom. The number of hydrogen-bond acceptors (Lipinski definition) is 4. The molecule has 32 heavy (non-hydrogen) atoms. The minimum atomic E-state index is 0.00158. The van der Waals surface area contributed by atoms with Crippen LogP contribution in [0, 0.1) is 18.3 Å². The van der Waals surface area contributed by atoms with Crippen LogP contribution in [0.1, 0.15) is 62.3 Å². The lowest BCUT2D eigenvalue weighted by atomic mass is 9.78. The largest absolute Gasteiger partial charge is 0.310 e. The Kier molecular flexibility index (Phi) is 5.31. The van der Waals surface area contributed by atoms with Gasteiger partial charge < -0.3 is 5.32 Å². The van der Waals surface area contributed by atoms with Crippen molar-refractivity contribution in [2.75, 3.05) is 5.32 Å². The number of hydrogen-bond donors (Lipinski definition) is 1. The minimum absolute atomic E-state index is 0.00158. The second-order valence-corrected chi connectivity index (χ2v) is 10.2. The number of nitrogens with one attached hydrogen (secondary N) is 1. The Morgan fingerprint density at radius 1 is 1.19 bits per heavy atom. The van der Waals surface area contributed by atoms with Gasteiger partial charge in [0.25, 0.3) is 0 Å². The molecule has 6 heteroatoms. The Hall–Kier alpha value is -3.02. The van der Waals surface area contributed by atoms with Gasteiger partial charge in [-0.3, -0.25) is 14.5 Å². The standard InChI is InChI=1S/C26H31N5O/c1-17-13-28-24(11-21(17)22-15-29-31-16-26(2,3)12-23(22)31)30-25(32)19-7-4-6-18(10-19)20-8-5-9-27-14-20/h5,8-9,11,13-15,18-19H,4,6-7,10,12,16H2,1-3H3,(H,28,30,32)/t18-,19+/m0/s1. The van der Waals surface area contributed by atoms with Gasteiger partial charge >= 0.3 is 0 Å². The lowest BCUT2D eigenvalue weighted by Gasteiger charge is -2.28. The van der Waals surface area contributed by atoms with Gasteiger partial charge in [-0.1, -0.05) is 26.3 Å². The van der Waals surface area contributed by atoms with Crippen LogP contribution in [0.4, 0.5) is 5.82 Å². The molecule has 0 bridgehead atoms. The van der Waals surface area contributed by atoms with Gasteiger partial charge in [0, 0.05) is 42.3 Å². The molecule has 5 rings (SSSR count). The Morgan fingerprint density at radius 3 is 2.88 bits per heavy atom. The fourth-order valence-electron chi connectivity index (χ4n) is 5.33. The van der Waals surface area contributed by atoms with E-state index in [2.05, 4.69) is 51.9 Å². The summed E-state index contributed by atoms with van der Waals surface area (Å²) in [6.45, 7) is 7.56. The second kappa shape index (κ2) is 8.15. The number of aromatic nitrogens is 4. The lowest BCUT2D eigenvalue weighted by molar-refractivity contribution is -0.120. The molecule has 0 unspecified atom stereocenters. The molecule has 0 saturated heterocycles. The van der Waals surface area contributed by atoms with Gasteiger partial charge in [-0.2, -0.15) is 5.10 Å². The molecule has 3 aromatic rings. The highest BCUT2D eigenvalue weighted by Crippen LogP contribution is 2.39. The van der Waals surface area contributed by atoms with Gasteiger partial charge in [-0.05, 0) is 72.8 Å². The molecule has 1 N–H and O–H groups in total. The van der Waals surface area contributed by atoms with Crippen LogP contribution in [0.2, 0.25) is 0 Å². The van der Waals surface area contributed by atoms with E-state index in [-0.39, 0.29) is 17.2 Å². The number of pyridine rings is 2. The Labute approximate surface area is 189 Å². The van der Waals surface area contributed by atoms with E-state index < -0.39 is 0 Å². The number of amides is 1. The van der Waals surface area contributed by atoms with Crippen molar-refractivity contribution >= 4 is 11.7 Å². The van der Waals surface area contributed by atoms with Gasteiger partial charge in [0.05, 0.1) is 6.20 Å². The van der Waals surface area contributed by atoms with E-state index in [0.717, 1.165) is 55.3 Å². The fourth-order valence-corrected chi connectivity index (χ4v) is 5.33. The maximum Gasteiger partial charge on any atom is 0.228 e. The predicted octanol–water partition coefficient (Wildman–Crippen LogP) is 5.14. The molecule has 1 amide bonds. The number of carbonyl (C=O) groups is 1. The van der Waals surface area contributed by atoms with E-state index in [0.29, 0.717) is 11.7 Å². The Balaban J connectivity index is 1.33. The fraction of sp³-hybridized carbons (Fsp3) is 0.462. The van der Waals surface area contributed by atoms with Gasteiger partial charge in [0.2, 0.25) is 5.91 Å². The van der Waals surface area contributed by atoms with Gasteiger partial charge in [0.1, 0.15) is 5.82 Å². The van der Waals surface area contributed by atoms with E-state index in [9.17, 15) is 4.79 Å². The summed E-state index contributed by atoms with van der Waals surface area (Å²) >= 11 is 0. The zero-order chi connectivity index (χ0) is 22.3. The molecular weight excluding hydrogens is 398 g/mol. The third-order valence-electron chi connectivity index (χ3n) is 7.02. The number of rotatable bonds is 4. The highest BCUT2D eigenvalue weighted by molar-refractivity contribution is 5.92. The van der Waals surface area contributed by atoms with Crippen molar-refractivity contribution in [1.82, 2.24) is 19.7 Å². The molecule has 2 aliphatic rings. The molecule has 1 saturated carbocycles. The first-order valence-corrected chi connectivity index (χ1v) is 11.6. The molecule has 0 spiro atoms. The minimum Gasteiger partial charge on any atom is -0.310 e. The molecule has 0 aromatic carbocycles. The van der Waals surface area contributed by atoms with Crippen molar-refractivity contribution < 1.29 is 4.79 Å². The molecule has 2 atom stereocenters. The number of anilines is 1. The molecule has 1 aliphatic carbocycles. The summed E-state index contributed by atoms with van der Waals surface area (Å²) in [4.78, 5) is 21.9. The molecule has 0 radical (unpaired) electrons. The van der Waals surface area contributed by atoms with Gasteiger partial charge in [-0.15, -0.1) is 0 Å². The van der Waals surface area contributed by atoms with Gasteiger partial charge in [0.15, 0.2) is 0 Å². The molecule has 166 valence electrons. The molecule has 3 aromatic heterocycles. The van der Waals surface area contributed by atoms with E-state index in [1.807, 2.05) is 30.7 Å². The number of nitrogens with zero attached hydrogens (tertiary/aromatic N) is 4. The van der Waals surface area contributed by atoms with Crippen LogP contribution in [0.5, 0.6) is 0 Å². The van der Waals surface area contributed by atoms with Crippen LogP contribution in [0.3, 0.4) is 0 Å².